The van der Waals surface area contributed by atoms with Crippen LogP contribution in [0.3, 0.4) is 0 Å². The lowest BCUT2D eigenvalue weighted by atomic mass is 10.1. The van der Waals surface area contributed by atoms with Gasteiger partial charge in [-0.15, -0.1) is 0 Å². The summed E-state index contributed by atoms with van der Waals surface area (Å²) in [5, 5.41) is 0. The number of benzene rings is 2. The standard InChI is InChI=1S/C30H36FN3O4/c1-6-22(15-14-21(2)31)20-34-24-11-7-8-13-26(24)37-27-23(28(34)35)10-9-12-25(27)32-16-18-33(19-17-32)29(36)38-30(3,4)5/h6-15,21H,16-20H2,1-5H3/b15-14-,22-6+. The molecule has 0 spiro atoms. The van der Waals surface area contributed by atoms with Crippen LogP contribution in [-0.2, 0) is 4.74 Å². The molecule has 0 radical (unpaired) electrons. The summed E-state index contributed by atoms with van der Waals surface area (Å²) in [6.07, 6.45) is 3.66. The summed E-state index contributed by atoms with van der Waals surface area (Å²) in [6.45, 7) is 11.3. The summed E-state index contributed by atoms with van der Waals surface area (Å²) in [5.74, 6) is 0.867. The molecule has 2 amide bonds. The van der Waals surface area contributed by atoms with Crippen molar-refractivity contribution < 1.29 is 23.5 Å². The molecule has 8 heteroatoms. The SMILES string of the molecule is C/C=C(\C=C/C(C)F)CN1C(=O)c2cccc(N3CCN(C(=O)OC(C)(C)C)CC3)c2Oc2ccccc21. The van der Waals surface area contributed by atoms with E-state index in [0.29, 0.717) is 48.9 Å². The summed E-state index contributed by atoms with van der Waals surface area (Å²) < 4.78 is 25.4. The van der Waals surface area contributed by atoms with Crippen molar-refractivity contribution in [2.75, 3.05) is 42.5 Å². The van der Waals surface area contributed by atoms with E-state index in [1.54, 1.807) is 21.9 Å². The number of allylic oxidation sites excluding steroid dienone is 2. The molecule has 7 nitrogen and oxygen atoms in total. The van der Waals surface area contributed by atoms with Crippen molar-refractivity contribution in [3.05, 3.63) is 71.8 Å². The summed E-state index contributed by atoms with van der Waals surface area (Å²) in [6, 6.07) is 13.0. The number of hydrogen-bond donors (Lipinski definition) is 0. The number of piperazine rings is 1. The van der Waals surface area contributed by atoms with Crippen molar-refractivity contribution in [1.29, 1.82) is 0 Å². The van der Waals surface area contributed by atoms with Crippen LogP contribution in [0.2, 0.25) is 0 Å². The molecule has 0 aromatic heterocycles. The van der Waals surface area contributed by atoms with Gasteiger partial charge < -0.3 is 24.2 Å². The zero-order chi connectivity index (χ0) is 27.4. The Morgan fingerprint density at radius 1 is 1.08 bits per heavy atom. The molecule has 2 heterocycles. The molecule has 0 bridgehead atoms. The maximum atomic E-state index is 13.9. The van der Waals surface area contributed by atoms with Crippen LogP contribution in [0.4, 0.5) is 20.6 Å². The van der Waals surface area contributed by atoms with Gasteiger partial charge in [0.15, 0.2) is 11.5 Å². The lowest BCUT2D eigenvalue weighted by molar-refractivity contribution is 0.0240. The van der Waals surface area contributed by atoms with Crippen molar-refractivity contribution in [3.63, 3.8) is 0 Å². The predicted octanol–water partition coefficient (Wildman–Crippen LogP) is 6.36. The highest BCUT2D eigenvalue weighted by Crippen LogP contribution is 2.44. The third-order valence-corrected chi connectivity index (χ3v) is 6.40. The van der Waals surface area contributed by atoms with E-state index in [2.05, 4.69) is 4.90 Å². The summed E-state index contributed by atoms with van der Waals surface area (Å²) in [7, 11) is 0. The number of amides is 2. The lowest BCUT2D eigenvalue weighted by Crippen LogP contribution is -2.50. The van der Waals surface area contributed by atoms with Crippen LogP contribution in [0.25, 0.3) is 0 Å². The van der Waals surface area contributed by atoms with Crippen molar-refractivity contribution in [2.45, 2.75) is 46.4 Å². The van der Waals surface area contributed by atoms with Crippen LogP contribution in [0.1, 0.15) is 45.0 Å². The van der Waals surface area contributed by atoms with Crippen LogP contribution < -0.4 is 14.5 Å². The summed E-state index contributed by atoms with van der Waals surface area (Å²) >= 11 is 0. The molecule has 2 aliphatic heterocycles. The second-order valence-electron chi connectivity index (χ2n) is 10.5. The van der Waals surface area contributed by atoms with Crippen LogP contribution >= 0.6 is 0 Å². The van der Waals surface area contributed by atoms with Gasteiger partial charge >= 0.3 is 6.09 Å². The van der Waals surface area contributed by atoms with Gasteiger partial charge in [-0.05, 0) is 64.5 Å². The molecule has 1 atom stereocenters. The molecule has 1 unspecified atom stereocenters. The first-order valence-corrected chi connectivity index (χ1v) is 13.0. The first-order chi connectivity index (χ1) is 18.1. The van der Waals surface area contributed by atoms with Gasteiger partial charge in [0.2, 0.25) is 0 Å². The Hall–Kier alpha value is -3.81. The molecule has 2 aromatic rings. The topological polar surface area (TPSA) is 62.3 Å². The van der Waals surface area contributed by atoms with E-state index >= 15 is 0 Å². The fourth-order valence-electron chi connectivity index (χ4n) is 4.47. The third kappa shape index (κ3) is 6.18. The van der Waals surface area contributed by atoms with Crippen LogP contribution in [0, 0.1) is 0 Å². The number of halogens is 1. The van der Waals surface area contributed by atoms with Crippen LogP contribution in [0.5, 0.6) is 11.5 Å². The van der Waals surface area contributed by atoms with E-state index in [1.165, 1.54) is 13.0 Å². The van der Waals surface area contributed by atoms with Gasteiger partial charge in [0.05, 0.1) is 23.5 Å². The molecule has 2 aliphatic rings. The molecular formula is C30H36FN3O4. The number of ether oxygens (including phenoxy) is 2. The van der Waals surface area contributed by atoms with Gasteiger partial charge in [0.1, 0.15) is 11.8 Å². The molecule has 4 rings (SSSR count). The van der Waals surface area contributed by atoms with Gasteiger partial charge in [-0.1, -0.05) is 36.4 Å². The van der Waals surface area contributed by atoms with Crippen LogP contribution in [0.15, 0.2) is 66.3 Å². The zero-order valence-corrected chi connectivity index (χ0v) is 22.7. The average Bonchev–Trinajstić information content (AvgIpc) is 2.99. The monoisotopic (exact) mass is 521 g/mol. The molecule has 0 aliphatic carbocycles. The quantitative estimate of drug-likeness (QED) is 0.429. The molecule has 202 valence electrons. The van der Waals surface area contributed by atoms with E-state index in [9.17, 15) is 14.0 Å². The van der Waals surface area contributed by atoms with Gasteiger partial charge in [-0.25, -0.2) is 9.18 Å². The maximum Gasteiger partial charge on any atom is 0.410 e. The van der Waals surface area contributed by atoms with Gasteiger partial charge in [-0.2, -0.15) is 0 Å². The Morgan fingerprint density at radius 2 is 1.76 bits per heavy atom. The minimum atomic E-state index is -1.08. The molecule has 1 fully saturated rings. The van der Waals surface area contributed by atoms with Gasteiger partial charge in [-0.3, -0.25) is 4.79 Å². The molecule has 0 N–H and O–H groups in total. The van der Waals surface area contributed by atoms with E-state index < -0.39 is 11.8 Å². The van der Waals surface area contributed by atoms with Gasteiger partial charge in [0, 0.05) is 26.2 Å². The molecule has 2 aromatic carbocycles. The highest BCUT2D eigenvalue weighted by molar-refractivity contribution is 6.11. The number of carbonyl (C=O) groups excluding carboxylic acids is 2. The smallest absolute Gasteiger partial charge is 0.410 e. The van der Waals surface area contributed by atoms with Crippen molar-refractivity contribution in [3.8, 4) is 11.5 Å². The Morgan fingerprint density at radius 3 is 2.42 bits per heavy atom. The van der Waals surface area contributed by atoms with Crippen molar-refractivity contribution >= 4 is 23.4 Å². The summed E-state index contributed by atoms with van der Waals surface area (Å²) in [4.78, 5) is 32.0. The fourth-order valence-corrected chi connectivity index (χ4v) is 4.47. The average molecular weight is 522 g/mol. The van der Waals surface area contributed by atoms with E-state index in [0.717, 1.165) is 11.3 Å². The molecule has 38 heavy (non-hydrogen) atoms. The van der Waals surface area contributed by atoms with Crippen LogP contribution in [-0.4, -0.2) is 61.4 Å². The summed E-state index contributed by atoms with van der Waals surface area (Å²) in [5.41, 5.74) is 2.16. The number of carbonyl (C=O) groups is 2. The van der Waals surface area contributed by atoms with E-state index in [1.807, 2.05) is 70.2 Å². The highest BCUT2D eigenvalue weighted by Gasteiger charge is 2.33. The second-order valence-corrected chi connectivity index (χ2v) is 10.5. The lowest BCUT2D eigenvalue weighted by Gasteiger charge is -2.37. The van der Waals surface area contributed by atoms with E-state index in [-0.39, 0.29) is 18.5 Å². The van der Waals surface area contributed by atoms with Crippen molar-refractivity contribution in [2.24, 2.45) is 0 Å². The number of nitrogens with zero attached hydrogens (tertiary/aromatic N) is 3. The number of anilines is 2. The Labute approximate surface area is 224 Å². The Balaban J connectivity index is 1.63. The first-order valence-electron chi connectivity index (χ1n) is 13.0. The maximum absolute atomic E-state index is 13.9. The minimum Gasteiger partial charge on any atom is -0.452 e. The second kappa shape index (κ2) is 11.3. The third-order valence-electron chi connectivity index (χ3n) is 6.40. The Kier molecular flexibility index (Phi) is 8.09. The Bertz CT molecular complexity index is 1240. The van der Waals surface area contributed by atoms with Crippen molar-refractivity contribution in [1.82, 2.24) is 4.90 Å². The predicted molar refractivity (Wildman–Crippen MR) is 148 cm³/mol. The largest absolute Gasteiger partial charge is 0.452 e. The number of para-hydroxylation sites is 3. The minimum absolute atomic E-state index is 0.194. The highest BCUT2D eigenvalue weighted by atomic mass is 19.1. The number of rotatable bonds is 5. The van der Waals surface area contributed by atoms with E-state index in [4.69, 9.17) is 9.47 Å². The normalized spacial score (nSPS) is 17.1. The zero-order valence-electron chi connectivity index (χ0n) is 22.7. The molecule has 0 saturated carbocycles. The first kappa shape index (κ1) is 27.2. The van der Waals surface area contributed by atoms with Gasteiger partial charge in [0.25, 0.3) is 5.91 Å². The molecular weight excluding hydrogens is 485 g/mol. The number of hydrogen-bond acceptors (Lipinski definition) is 5. The fraction of sp³-hybridized carbons (Fsp3) is 0.400. The number of fused-ring (bicyclic) bond motifs is 2. The molecule has 1 saturated heterocycles. The number of alkyl halides is 1.